The molecule has 1 fully saturated rings. The fourth-order valence-corrected chi connectivity index (χ4v) is 7.55. The van der Waals surface area contributed by atoms with Crippen LogP contribution in [0.1, 0.15) is 74.5 Å². The van der Waals surface area contributed by atoms with Crippen LogP contribution in [0.4, 0.5) is 14.5 Å². The van der Waals surface area contributed by atoms with Crippen molar-refractivity contribution in [3.63, 3.8) is 0 Å². The summed E-state index contributed by atoms with van der Waals surface area (Å²) in [7, 11) is 1.82. The van der Waals surface area contributed by atoms with E-state index in [2.05, 4.69) is 17.0 Å². The fraction of sp³-hybridized carbons (Fsp3) is 0.333. The first-order chi connectivity index (χ1) is 26.2. The van der Waals surface area contributed by atoms with E-state index < -0.39 is 6.43 Å². The van der Waals surface area contributed by atoms with Crippen LogP contribution in [0.5, 0.6) is 0 Å². The number of aryl methyl sites for hydroxylation is 1. The molecule has 7 nitrogen and oxygen atoms in total. The molecule has 2 aliphatic heterocycles. The van der Waals surface area contributed by atoms with Gasteiger partial charge in [-0.15, -0.1) is 0 Å². The summed E-state index contributed by atoms with van der Waals surface area (Å²) in [4.78, 5) is 35.4. The van der Waals surface area contributed by atoms with Crippen molar-refractivity contribution in [2.24, 2.45) is 7.05 Å². The van der Waals surface area contributed by atoms with Crippen LogP contribution in [0.15, 0.2) is 103 Å². The molecule has 1 aromatic heterocycles. The van der Waals surface area contributed by atoms with Gasteiger partial charge in [0.25, 0.3) is 18.2 Å². The van der Waals surface area contributed by atoms with Crippen molar-refractivity contribution in [3.05, 3.63) is 148 Å². The molecule has 0 aliphatic carbocycles. The molecule has 7 rings (SSSR count). The minimum atomic E-state index is -2.74. The van der Waals surface area contributed by atoms with E-state index in [-0.39, 0.29) is 23.4 Å². The number of fused-ring (bicyclic) bond motifs is 1. The number of hydrogen-bond donors (Lipinski definition) is 0. The van der Waals surface area contributed by atoms with Gasteiger partial charge in [-0.1, -0.05) is 86.6 Å². The molecule has 3 heterocycles. The summed E-state index contributed by atoms with van der Waals surface area (Å²) in [5.41, 5.74) is 6.59. The maximum Gasteiger partial charge on any atom is 0.264 e. The Hall–Kier alpha value is -5.12. The standard InChI is InChI=1S/C43H44F2N4O3.C2H6/c1-29-22-39(43(51)49-27-33-15-11-10-14-32(33)23-35(49)28-47-18-20-52-21-19-47)38(24-36(29)41(44)45)40-25-37(30(2)46(40)3)42(50)48(34-16-8-5-9-17-34)26-31-12-6-4-7-13-31;1-2/h4-17,22,24-25,35,41H,18-21,23,26-28H2,1-3H3;1-2H3. The summed E-state index contributed by atoms with van der Waals surface area (Å²) in [6, 6.07) is 32.2. The molecule has 2 aliphatic rings. The molecular formula is C45H50F2N4O3. The molecule has 9 heteroatoms. The minimum absolute atomic E-state index is 0.117. The average Bonchev–Trinajstić information content (AvgIpc) is 3.50. The van der Waals surface area contributed by atoms with Crippen LogP contribution < -0.4 is 4.90 Å². The molecule has 0 N–H and O–H groups in total. The number of carbonyl (C=O) groups is 2. The van der Waals surface area contributed by atoms with Gasteiger partial charge >= 0.3 is 0 Å². The summed E-state index contributed by atoms with van der Waals surface area (Å²) < 4.78 is 36.5. The largest absolute Gasteiger partial charge is 0.379 e. The van der Waals surface area contributed by atoms with Crippen LogP contribution in [-0.4, -0.2) is 65.1 Å². The second kappa shape index (κ2) is 17.3. The van der Waals surface area contributed by atoms with Crippen LogP contribution in [0.3, 0.4) is 0 Å². The third-order valence-corrected chi connectivity index (χ3v) is 10.6. The minimum Gasteiger partial charge on any atom is -0.379 e. The lowest BCUT2D eigenvalue weighted by Crippen LogP contribution is -2.52. The quantitative estimate of drug-likeness (QED) is 0.152. The van der Waals surface area contributed by atoms with E-state index in [0.29, 0.717) is 72.9 Å². The normalized spacial score (nSPS) is 15.7. The van der Waals surface area contributed by atoms with Gasteiger partial charge in [-0.2, -0.15) is 0 Å². The van der Waals surface area contributed by atoms with Crippen LogP contribution in [0, 0.1) is 13.8 Å². The van der Waals surface area contributed by atoms with Crippen molar-refractivity contribution in [2.75, 3.05) is 37.7 Å². The highest BCUT2D eigenvalue weighted by atomic mass is 19.3. The second-order valence-electron chi connectivity index (χ2n) is 13.8. The van der Waals surface area contributed by atoms with E-state index >= 15 is 0 Å². The van der Waals surface area contributed by atoms with Gasteiger partial charge in [0.2, 0.25) is 0 Å². The molecule has 54 heavy (non-hydrogen) atoms. The summed E-state index contributed by atoms with van der Waals surface area (Å²) in [6.07, 6.45) is -2.04. The van der Waals surface area contributed by atoms with Gasteiger partial charge < -0.3 is 19.1 Å². The lowest BCUT2D eigenvalue weighted by atomic mass is 9.91. The Labute approximate surface area is 317 Å². The Kier molecular flexibility index (Phi) is 12.4. The average molecular weight is 733 g/mol. The number of morpholine rings is 1. The highest BCUT2D eigenvalue weighted by molar-refractivity contribution is 6.08. The zero-order valence-electron chi connectivity index (χ0n) is 31.9. The van der Waals surface area contributed by atoms with Gasteiger partial charge in [0.1, 0.15) is 0 Å². The lowest BCUT2D eigenvalue weighted by Gasteiger charge is -2.40. The molecule has 1 atom stereocenters. The van der Waals surface area contributed by atoms with E-state index in [9.17, 15) is 18.4 Å². The summed E-state index contributed by atoms with van der Waals surface area (Å²) in [5, 5.41) is 0. The van der Waals surface area contributed by atoms with Crippen molar-refractivity contribution in [1.82, 2.24) is 14.4 Å². The van der Waals surface area contributed by atoms with Gasteiger partial charge in [-0.05, 0) is 72.9 Å². The third kappa shape index (κ3) is 8.17. The number of para-hydroxylation sites is 1. The highest BCUT2D eigenvalue weighted by Crippen LogP contribution is 2.37. The van der Waals surface area contributed by atoms with Crippen LogP contribution in [0.25, 0.3) is 11.3 Å². The predicted molar refractivity (Wildman–Crippen MR) is 211 cm³/mol. The van der Waals surface area contributed by atoms with Gasteiger partial charge in [-0.3, -0.25) is 14.5 Å². The topological polar surface area (TPSA) is 58.0 Å². The number of ether oxygens (including phenoxy) is 1. The molecule has 2 amide bonds. The molecular weight excluding hydrogens is 683 g/mol. The zero-order chi connectivity index (χ0) is 38.4. The van der Waals surface area contributed by atoms with Crippen LogP contribution >= 0.6 is 0 Å². The molecule has 282 valence electrons. The van der Waals surface area contributed by atoms with Gasteiger partial charge in [0, 0.05) is 73.0 Å². The Morgan fingerprint density at radius 2 is 1.46 bits per heavy atom. The van der Waals surface area contributed by atoms with Crippen molar-refractivity contribution < 1.29 is 23.1 Å². The summed E-state index contributed by atoms with van der Waals surface area (Å²) in [6.45, 7) is 11.8. The highest BCUT2D eigenvalue weighted by Gasteiger charge is 2.34. The fourth-order valence-electron chi connectivity index (χ4n) is 7.55. The van der Waals surface area contributed by atoms with Crippen molar-refractivity contribution in [3.8, 4) is 11.3 Å². The molecule has 0 spiro atoms. The first-order valence-corrected chi connectivity index (χ1v) is 18.9. The van der Waals surface area contributed by atoms with Crippen molar-refractivity contribution in [2.45, 2.75) is 59.7 Å². The number of nitrogens with zero attached hydrogens (tertiary/aromatic N) is 4. The van der Waals surface area contributed by atoms with E-state index in [1.807, 2.05) is 110 Å². The number of halogens is 2. The number of aromatic nitrogens is 1. The maximum absolute atomic E-state index is 14.9. The summed E-state index contributed by atoms with van der Waals surface area (Å²) in [5.74, 6) is -0.435. The lowest BCUT2D eigenvalue weighted by molar-refractivity contribution is 0.0193. The Morgan fingerprint density at radius 1 is 0.833 bits per heavy atom. The third-order valence-electron chi connectivity index (χ3n) is 10.6. The van der Waals surface area contributed by atoms with E-state index in [1.165, 1.54) is 11.6 Å². The molecule has 5 aromatic rings. The van der Waals surface area contributed by atoms with Gasteiger partial charge in [0.05, 0.1) is 25.3 Å². The van der Waals surface area contributed by atoms with E-state index in [0.717, 1.165) is 29.9 Å². The Bertz CT molecular complexity index is 2060. The Morgan fingerprint density at radius 3 is 2.13 bits per heavy atom. The smallest absolute Gasteiger partial charge is 0.264 e. The number of carbonyl (C=O) groups excluding carboxylic acids is 2. The van der Waals surface area contributed by atoms with Gasteiger partial charge in [0.15, 0.2) is 0 Å². The number of alkyl halides is 2. The Balaban J connectivity index is 0.00000245. The predicted octanol–water partition coefficient (Wildman–Crippen LogP) is 9.02. The van der Waals surface area contributed by atoms with E-state index in [1.54, 1.807) is 24.0 Å². The molecule has 0 saturated carbocycles. The number of amides is 2. The van der Waals surface area contributed by atoms with Crippen molar-refractivity contribution in [1.29, 1.82) is 0 Å². The molecule has 4 aromatic carbocycles. The van der Waals surface area contributed by atoms with Crippen LogP contribution in [-0.2, 0) is 31.3 Å². The number of benzene rings is 4. The summed E-state index contributed by atoms with van der Waals surface area (Å²) >= 11 is 0. The SMILES string of the molecule is CC.Cc1cc(C(=O)N2Cc3ccccc3CC2CN2CCOCC2)c(-c2cc(C(=O)N(Cc3ccccc3)c3ccccc3)c(C)n2C)cc1C(F)F. The number of anilines is 1. The van der Waals surface area contributed by atoms with Crippen LogP contribution in [0.2, 0.25) is 0 Å². The molecule has 1 saturated heterocycles. The van der Waals surface area contributed by atoms with E-state index in [4.69, 9.17) is 4.74 Å². The number of rotatable bonds is 9. The molecule has 0 radical (unpaired) electrons. The maximum atomic E-state index is 14.9. The molecule has 0 bridgehead atoms. The zero-order valence-corrected chi connectivity index (χ0v) is 31.9. The number of hydrogen-bond acceptors (Lipinski definition) is 4. The first-order valence-electron chi connectivity index (χ1n) is 18.9. The second-order valence-corrected chi connectivity index (χ2v) is 13.8. The van der Waals surface area contributed by atoms with Gasteiger partial charge in [-0.25, -0.2) is 8.78 Å². The van der Waals surface area contributed by atoms with Crippen molar-refractivity contribution >= 4 is 17.5 Å². The molecule has 1 unspecified atom stereocenters. The first kappa shape index (κ1) is 38.6. The monoisotopic (exact) mass is 732 g/mol.